The van der Waals surface area contributed by atoms with Crippen LogP contribution in [-0.2, 0) is 19.1 Å². The van der Waals surface area contributed by atoms with Crippen molar-refractivity contribution in [1.82, 2.24) is 0 Å². The summed E-state index contributed by atoms with van der Waals surface area (Å²) in [7, 11) is 1.14. The zero-order valence-electron chi connectivity index (χ0n) is 16.0. The fraction of sp³-hybridized carbons (Fsp3) is 0.778. The van der Waals surface area contributed by atoms with Gasteiger partial charge in [-0.1, -0.05) is 13.5 Å². The number of hydrogen-bond acceptors (Lipinski definition) is 5. The number of methoxy groups -OCH3 is 1. The van der Waals surface area contributed by atoms with Gasteiger partial charge in [-0.25, -0.2) is 4.79 Å². The summed E-state index contributed by atoms with van der Waals surface area (Å²) in [6.07, 6.45) is -12.9. The van der Waals surface area contributed by atoms with Crippen molar-refractivity contribution in [2.75, 3.05) is 13.7 Å². The summed E-state index contributed by atoms with van der Waals surface area (Å²) in [5.41, 5.74) is -4.89. The third-order valence-electron chi connectivity index (χ3n) is 5.27. The maximum absolute atomic E-state index is 12.9. The van der Waals surface area contributed by atoms with Crippen LogP contribution in [0.15, 0.2) is 12.2 Å². The molecule has 0 spiro atoms. The molecule has 0 amide bonds. The van der Waals surface area contributed by atoms with Gasteiger partial charge >= 0.3 is 24.3 Å². The van der Waals surface area contributed by atoms with Crippen LogP contribution >= 0.6 is 0 Å². The Labute approximate surface area is 164 Å². The van der Waals surface area contributed by atoms with Crippen LogP contribution in [-0.4, -0.2) is 48.7 Å². The fourth-order valence-electron chi connectivity index (χ4n) is 3.51. The molecule has 1 rings (SSSR count). The first-order valence-corrected chi connectivity index (χ1v) is 8.90. The Morgan fingerprint density at radius 2 is 1.66 bits per heavy atom. The summed E-state index contributed by atoms with van der Waals surface area (Å²) in [5.74, 6) is -3.23. The molecule has 1 fully saturated rings. The van der Waals surface area contributed by atoms with Gasteiger partial charge in [0.1, 0.15) is 0 Å². The normalized spacial score (nSPS) is 23.0. The van der Waals surface area contributed by atoms with E-state index >= 15 is 0 Å². The number of hydrogen-bond donors (Lipinski definition) is 1. The van der Waals surface area contributed by atoms with Crippen LogP contribution in [0, 0.1) is 17.8 Å². The quantitative estimate of drug-likeness (QED) is 0.356. The standard InChI is InChI=1S/C18H24F6O5/c1-10-6-12(4-5-29-15(26)11(2)7-14(25)28-3)8-13(10)9-16(27,17(19,20)21)18(22,23)24/h10,12-13,27H,2,4-9H2,1,3H3. The number of carbonyl (C=O) groups is 2. The number of ether oxygens (including phenoxy) is 2. The molecule has 1 saturated carbocycles. The Bertz CT molecular complexity index is 599. The topological polar surface area (TPSA) is 72.8 Å². The molecule has 1 N–H and O–H groups in total. The van der Waals surface area contributed by atoms with Gasteiger partial charge in [0.15, 0.2) is 0 Å². The highest BCUT2D eigenvalue weighted by Gasteiger charge is 2.70. The predicted octanol–water partition coefficient (Wildman–Crippen LogP) is 3.95. The van der Waals surface area contributed by atoms with E-state index in [0.717, 1.165) is 7.11 Å². The van der Waals surface area contributed by atoms with Crippen LogP contribution in [0.25, 0.3) is 0 Å². The van der Waals surface area contributed by atoms with Crippen molar-refractivity contribution in [2.24, 2.45) is 17.8 Å². The smallest absolute Gasteiger partial charge is 0.426 e. The predicted molar refractivity (Wildman–Crippen MR) is 88.4 cm³/mol. The zero-order chi connectivity index (χ0) is 22.6. The first kappa shape index (κ1) is 25.3. The Morgan fingerprint density at radius 3 is 2.14 bits per heavy atom. The molecule has 0 aromatic carbocycles. The van der Waals surface area contributed by atoms with Gasteiger partial charge in [0, 0.05) is 5.57 Å². The van der Waals surface area contributed by atoms with Gasteiger partial charge in [0.05, 0.1) is 20.1 Å². The molecule has 0 bridgehead atoms. The van der Waals surface area contributed by atoms with Gasteiger partial charge in [-0.05, 0) is 43.4 Å². The van der Waals surface area contributed by atoms with Crippen LogP contribution in [0.3, 0.4) is 0 Å². The molecule has 0 saturated heterocycles. The minimum atomic E-state index is -5.83. The fourth-order valence-corrected chi connectivity index (χ4v) is 3.51. The molecule has 5 nitrogen and oxygen atoms in total. The highest BCUT2D eigenvalue weighted by atomic mass is 19.4. The average Bonchev–Trinajstić information content (AvgIpc) is 2.91. The highest BCUT2D eigenvalue weighted by molar-refractivity contribution is 5.93. The van der Waals surface area contributed by atoms with Gasteiger partial charge in [-0.15, -0.1) is 0 Å². The van der Waals surface area contributed by atoms with Crippen LogP contribution in [0.4, 0.5) is 26.3 Å². The number of rotatable bonds is 8. The van der Waals surface area contributed by atoms with E-state index in [1.807, 2.05) is 0 Å². The summed E-state index contributed by atoms with van der Waals surface area (Å²) < 4.78 is 86.7. The molecule has 29 heavy (non-hydrogen) atoms. The Morgan fingerprint density at radius 1 is 1.10 bits per heavy atom. The van der Waals surface area contributed by atoms with Crippen LogP contribution in [0.2, 0.25) is 0 Å². The van der Waals surface area contributed by atoms with E-state index in [9.17, 15) is 41.0 Å². The Kier molecular flexibility index (Phi) is 8.15. The van der Waals surface area contributed by atoms with Gasteiger partial charge in [-0.3, -0.25) is 4.79 Å². The second kappa shape index (κ2) is 9.36. The molecule has 168 valence electrons. The van der Waals surface area contributed by atoms with Crippen molar-refractivity contribution >= 4 is 11.9 Å². The second-order valence-electron chi connectivity index (χ2n) is 7.42. The van der Waals surface area contributed by atoms with Gasteiger partial charge < -0.3 is 14.6 Å². The molecular formula is C18H24F6O5. The highest BCUT2D eigenvalue weighted by Crippen LogP contribution is 2.51. The molecule has 0 aromatic rings. The number of aliphatic hydroxyl groups is 1. The maximum Gasteiger partial charge on any atom is 0.426 e. The van der Waals surface area contributed by atoms with Crippen molar-refractivity contribution in [3.63, 3.8) is 0 Å². The molecule has 0 aromatic heterocycles. The lowest BCUT2D eigenvalue weighted by atomic mass is 9.84. The van der Waals surface area contributed by atoms with E-state index < -0.39 is 48.1 Å². The molecule has 0 radical (unpaired) electrons. The van der Waals surface area contributed by atoms with Crippen molar-refractivity contribution in [3.8, 4) is 0 Å². The zero-order valence-corrected chi connectivity index (χ0v) is 16.0. The lowest BCUT2D eigenvalue weighted by Crippen LogP contribution is -2.57. The van der Waals surface area contributed by atoms with Gasteiger partial charge in [0.25, 0.3) is 5.60 Å². The third-order valence-corrected chi connectivity index (χ3v) is 5.27. The minimum absolute atomic E-state index is 0.0380. The van der Waals surface area contributed by atoms with Crippen molar-refractivity contribution in [1.29, 1.82) is 0 Å². The Balaban J connectivity index is 2.60. The van der Waals surface area contributed by atoms with E-state index in [0.29, 0.717) is 6.42 Å². The molecule has 1 aliphatic rings. The lowest BCUT2D eigenvalue weighted by molar-refractivity contribution is -0.373. The summed E-state index contributed by atoms with van der Waals surface area (Å²) in [4.78, 5) is 22.8. The van der Waals surface area contributed by atoms with Crippen LogP contribution in [0.5, 0.6) is 0 Å². The monoisotopic (exact) mass is 434 g/mol. The molecule has 1 aliphatic carbocycles. The van der Waals surface area contributed by atoms with E-state index in [2.05, 4.69) is 11.3 Å². The van der Waals surface area contributed by atoms with Crippen molar-refractivity contribution in [3.05, 3.63) is 12.2 Å². The second-order valence-corrected chi connectivity index (χ2v) is 7.42. The lowest BCUT2D eigenvalue weighted by Gasteiger charge is -2.35. The van der Waals surface area contributed by atoms with E-state index in [1.165, 1.54) is 6.92 Å². The summed E-state index contributed by atoms with van der Waals surface area (Å²) >= 11 is 0. The SMILES string of the molecule is C=C(CC(=O)OC)C(=O)OCCC1CC(C)C(CC(O)(C(F)(F)F)C(F)(F)F)C1. The molecular weight excluding hydrogens is 410 g/mol. The van der Waals surface area contributed by atoms with E-state index in [4.69, 9.17) is 4.74 Å². The van der Waals surface area contributed by atoms with Crippen molar-refractivity contribution in [2.45, 2.75) is 57.0 Å². The largest absolute Gasteiger partial charge is 0.469 e. The van der Waals surface area contributed by atoms with E-state index in [1.54, 1.807) is 0 Å². The first-order chi connectivity index (χ1) is 13.1. The number of halogens is 6. The van der Waals surface area contributed by atoms with Crippen molar-refractivity contribution < 1.29 is 50.5 Å². The number of carbonyl (C=O) groups excluding carboxylic acids is 2. The van der Waals surface area contributed by atoms with E-state index in [-0.39, 0.29) is 37.4 Å². The third kappa shape index (κ3) is 6.35. The molecule has 11 heteroatoms. The molecule has 3 unspecified atom stereocenters. The van der Waals surface area contributed by atoms with Crippen LogP contribution < -0.4 is 0 Å². The van der Waals surface area contributed by atoms with Gasteiger partial charge in [0.2, 0.25) is 0 Å². The molecule has 0 aliphatic heterocycles. The minimum Gasteiger partial charge on any atom is -0.469 e. The summed E-state index contributed by atoms with van der Waals surface area (Å²) in [6.45, 7) is 4.80. The van der Waals surface area contributed by atoms with Gasteiger partial charge in [-0.2, -0.15) is 26.3 Å². The molecule has 0 heterocycles. The first-order valence-electron chi connectivity index (χ1n) is 8.90. The number of esters is 2. The Hall–Kier alpha value is -1.78. The summed E-state index contributed by atoms with van der Waals surface area (Å²) in [6, 6.07) is 0. The van der Waals surface area contributed by atoms with Crippen LogP contribution in [0.1, 0.15) is 39.0 Å². The average molecular weight is 434 g/mol. The molecule has 3 atom stereocenters. The number of alkyl halides is 6. The maximum atomic E-state index is 12.9. The summed E-state index contributed by atoms with van der Waals surface area (Å²) in [5, 5.41) is 9.38.